The summed E-state index contributed by atoms with van der Waals surface area (Å²) in [5, 5.41) is 5.34. The molecule has 0 bridgehead atoms. The summed E-state index contributed by atoms with van der Waals surface area (Å²) in [5.41, 5.74) is 7.19. The van der Waals surface area contributed by atoms with E-state index in [1.54, 1.807) is 41.3 Å². The maximum atomic E-state index is 12.5. The molecule has 1 aliphatic heterocycles. The first-order chi connectivity index (χ1) is 14.0. The second-order valence-electron chi connectivity index (χ2n) is 6.90. The van der Waals surface area contributed by atoms with Gasteiger partial charge in [-0.2, -0.15) is 0 Å². The summed E-state index contributed by atoms with van der Waals surface area (Å²) in [6.45, 7) is 1.08. The van der Waals surface area contributed by atoms with Crippen molar-refractivity contribution in [2.45, 2.75) is 12.8 Å². The maximum Gasteiger partial charge on any atom is 0.316 e. The number of nitrogens with two attached hydrogens (primary N) is 1. The van der Waals surface area contributed by atoms with Gasteiger partial charge in [0.1, 0.15) is 0 Å². The molecule has 1 fully saturated rings. The minimum atomic E-state index is -0.660. The lowest BCUT2D eigenvalue weighted by Gasteiger charge is -2.30. The number of likely N-dealkylation sites (tertiary alicyclic amines) is 1. The fraction of sp³-hybridized carbons (Fsp3) is 0.227. The number of carbonyl (C=O) groups is 3. The molecule has 1 aliphatic rings. The third-order valence-electron chi connectivity index (χ3n) is 4.79. The lowest BCUT2D eigenvalue weighted by molar-refractivity contribution is -0.130. The van der Waals surface area contributed by atoms with E-state index in [0.29, 0.717) is 37.3 Å². The molecule has 0 radical (unpaired) electrons. The fourth-order valence-electron chi connectivity index (χ4n) is 3.26. The molecule has 3 rings (SSSR count). The number of carbonyl (C=O) groups excluding carboxylic acids is 3. The highest BCUT2D eigenvalue weighted by Gasteiger charge is 2.26. The molecule has 7 heteroatoms. The predicted molar refractivity (Wildman–Crippen MR) is 113 cm³/mol. The van der Waals surface area contributed by atoms with Crippen LogP contribution in [0.15, 0.2) is 60.7 Å². The van der Waals surface area contributed by atoms with E-state index in [2.05, 4.69) is 10.6 Å². The molecule has 0 spiro atoms. The van der Waals surface area contributed by atoms with Gasteiger partial charge in [-0.15, -0.1) is 0 Å². The number of nitrogens with one attached hydrogen (secondary N) is 2. The molecule has 7 nitrogen and oxygen atoms in total. The van der Waals surface area contributed by atoms with Crippen LogP contribution in [0.3, 0.4) is 0 Å². The van der Waals surface area contributed by atoms with E-state index >= 15 is 0 Å². The van der Waals surface area contributed by atoms with Gasteiger partial charge in [-0.25, -0.2) is 4.79 Å². The number of benzene rings is 2. The Morgan fingerprint density at radius 2 is 1.59 bits per heavy atom. The van der Waals surface area contributed by atoms with Crippen molar-refractivity contribution in [3.8, 4) is 0 Å². The summed E-state index contributed by atoms with van der Waals surface area (Å²) in [4.78, 5) is 37.6. The van der Waals surface area contributed by atoms with Crippen LogP contribution in [-0.4, -0.2) is 35.8 Å². The first-order valence-electron chi connectivity index (χ1n) is 9.51. The number of piperidine rings is 1. The number of hydrogen-bond donors (Lipinski definition) is 3. The number of rotatable bonds is 5. The number of urea groups is 1. The summed E-state index contributed by atoms with van der Waals surface area (Å²) < 4.78 is 0. The molecule has 2 aromatic rings. The van der Waals surface area contributed by atoms with Crippen LogP contribution in [0.25, 0.3) is 6.08 Å². The van der Waals surface area contributed by atoms with Crippen molar-refractivity contribution < 1.29 is 14.4 Å². The summed E-state index contributed by atoms with van der Waals surface area (Å²) in [5.74, 6) is -0.295. The molecule has 4 N–H and O–H groups in total. The van der Waals surface area contributed by atoms with E-state index < -0.39 is 6.03 Å². The van der Waals surface area contributed by atoms with Crippen LogP contribution >= 0.6 is 0 Å². The van der Waals surface area contributed by atoms with Crippen LogP contribution in [0.5, 0.6) is 0 Å². The lowest BCUT2D eigenvalue weighted by atomic mass is 9.95. The Kier molecular flexibility index (Phi) is 6.63. The zero-order valence-electron chi connectivity index (χ0n) is 16.0. The highest BCUT2D eigenvalue weighted by atomic mass is 16.2. The quantitative estimate of drug-likeness (QED) is 0.681. The van der Waals surface area contributed by atoms with Crippen molar-refractivity contribution in [2.75, 3.05) is 23.7 Å². The molecule has 0 aliphatic carbocycles. The van der Waals surface area contributed by atoms with Gasteiger partial charge >= 0.3 is 6.03 Å². The van der Waals surface area contributed by atoms with Crippen molar-refractivity contribution in [3.63, 3.8) is 0 Å². The average molecular weight is 392 g/mol. The second-order valence-corrected chi connectivity index (χ2v) is 6.90. The third-order valence-corrected chi connectivity index (χ3v) is 4.79. The molecule has 150 valence electrons. The van der Waals surface area contributed by atoms with Crippen molar-refractivity contribution in [3.05, 3.63) is 66.2 Å². The van der Waals surface area contributed by atoms with E-state index in [1.807, 2.05) is 30.3 Å². The van der Waals surface area contributed by atoms with Gasteiger partial charge in [0.05, 0.1) is 0 Å². The standard InChI is InChI=1S/C22H24N4O3/c23-22(29)25-19-8-4-7-18(15-19)24-21(28)17-11-13-26(14-12-17)20(27)10-9-16-5-2-1-3-6-16/h1-10,15,17H,11-14H2,(H,24,28)(H3,23,25,29)/b10-9+. The summed E-state index contributed by atoms with van der Waals surface area (Å²) in [6, 6.07) is 15.8. The van der Waals surface area contributed by atoms with E-state index in [1.165, 1.54) is 0 Å². The molecule has 1 heterocycles. The van der Waals surface area contributed by atoms with Crippen LogP contribution in [0.2, 0.25) is 0 Å². The van der Waals surface area contributed by atoms with Crippen molar-refractivity contribution in [2.24, 2.45) is 11.7 Å². The summed E-state index contributed by atoms with van der Waals surface area (Å²) in [7, 11) is 0. The van der Waals surface area contributed by atoms with E-state index in [4.69, 9.17) is 5.73 Å². The number of primary amides is 1. The lowest BCUT2D eigenvalue weighted by Crippen LogP contribution is -2.40. The first kappa shape index (κ1) is 20.1. The van der Waals surface area contributed by atoms with Crippen LogP contribution in [0.1, 0.15) is 18.4 Å². The van der Waals surface area contributed by atoms with Crippen molar-refractivity contribution in [1.82, 2.24) is 4.90 Å². The topological polar surface area (TPSA) is 105 Å². The minimum absolute atomic E-state index is 0.0436. The highest BCUT2D eigenvalue weighted by molar-refractivity contribution is 5.95. The van der Waals surface area contributed by atoms with E-state index in [0.717, 1.165) is 5.56 Å². The van der Waals surface area contributed by atoms with Crippen molar-refractivity contribution >= 4 is 35.3 Å². The fourth-order valence-corrected chi connectivity index (χ4v) is 3.26. The predicted octanol–water partition coefficient (Wildman–Crippen LogP) is 3.07. The molecule has 1 saturated heterocycles. The molecule has 0 saturated carbocycles. The Morgan fingerprint density at radius 3 is 2.24 bits per heavy atom. The smallest absolute Gasteiger partial charge is 0.316 e. The number of anilines is 2. The largest absolute Gasteiger partial charge is 0.351 e. The Bertz CT molecular complexity index is 903. The highest BCUT2D eigenvalue weighted by Crippen LogP contribution is 2.21. The Morgan fingerprint density at radius 1 is 0.931 bits per heavy atom. The van der Waals surface area contributed by atoms with Gasteiger partial charge < -0.3 is 21.3 Å². The summed E-state index contributed by atoms with van der Waals surface area (Å²) in [6.07, 6.45) is 4.59. The average Bonchev–Trinajstić information content (AvgIpc) is 2.72. The van der Waals surface area contributed by atoms with Gasteiger partial charge in [0.25, 0.3) is 0 Å². The van der Waals surface area contributed by atoms with Crippen molar-refractivity contribution in [1.29, 1.82) is 0 Å². The van der Waals surface area contributed by atoms with Gasteiger partial charge in [-0.05, 0) is 42.7 Å². The number of hydrogen-bond acceptors (Lipinski definition) is 3. The Labute approximate surface area is 169 Å². The molecule has 0 unspecified atom stereocenters. The monoisotopic (exact) mass is 392 g/mol. The Hall–Kier alpha value is -3.61. The van der Waals surface area contributed by atoms with Crippen LogP contribution in [0.4, 0.5) is 16.2 Å². The molecule has 0 aromatic heterocycles. The zero-order chi connectivity index (χ0) is 20.6. The molecule has 2 aromatic carbocycles. The SMILES string of the molecule is NC(=O)Nc1cccc(NC(=O)C2CCN(C(=O)/C=C/c3ccccc3)CC2)c1. The Balaban J connectivity index is 1.50. The van der Waals surface area contributed by atoms with Gasteiger partial charge in [0.15, 0.2) is 0 Å². The maximum absolute atomic E-state index is 12.5. The molecule has 0 atom stereocenters. The third kappa shape index (κ3) is 5.93. The van der Waals surface area contributed by atoms with Gasteiger partial charge in [-0.3, -0.25) is 9.59 Å². The van der Waals surface area contributed by atoms with Crippen LogP contribution in [0, 0.1) is 5.92 Å². The molecular formula is C22H24N4O3. The minimum Gasteiger partial charge on any atom is -0.351 e. The first-order valence-corrected chi connectivity index (χ1v) is 9.51. The number of amides is 4. The second kappa shape index (κ2) is 9.54. The summed E-state index contributed by atoms with van der Waals surface area (Å²) >= 11 is 0. The van der Waals surface area contributed by atoms with Gasteiger partial charge in [-0.1, -0.05) is 36.4 Å². The normalized spacial score (nSPS) is 14.6. The van der Waals surface area contributed by atoms with Crippen LogP contribution < -0.4 is 16.4 Å². The molecule has 4 amide bonds. The van der Waals surface area contributed by atoms with Gasteiger partial charge in [0.2, 0.25) is 11.8 Å². The molecular weight excluding hydrogens is 368 g/mol. The van der Waals surface area contributed by atoms with Gasteiger partial charge in [0, 0.05) is 36.5 Å². The van der Waals surface area contributed by atoms with Crippen LogP contribution in [-0.2, 0) is 9.59 Å². The molecule has 29 heavy (non-hydrogen) atoms. The zero-order valence-corrected chi connectivity index (χ0v) is 16.0. The van der Waals surface area contributed by atoms with E-state index in [-0.39, 0.29) is 17.7 Å². The van der Waals surface area contributed by atoms with E-state index in [9.17, 15) is 14.4 Å². The number of nitrogens with zero attached hydrogens (tertiary/aromatic N) is 1.